The molecule has 7 nitrogen and oxygen atoms in total. The molecule has 0 aromatic heterocycles. The Hall–Kier alpha value is -2.38. The van der Waals surface area contributed by atoms with Crippen LogP contribution in [0.1, 0.15) is 25.8 Å². The van der Waals surface area contributed by atoms with Crippen LogP contribution >= 0.6 is 11.6 Å². The Morgan fingerprint density at radius 3 is 2.61 bits per heavy atom. The summed E-state index contributed by atoms with van der Waals surface area (Å²) in [4.78, 5) is 40.9. The van der Waals surface area contributed by atoms with Gasteiger partial charge in [-0.15, -0.1) is 0 Å². The van der Waals surface area contributed by atoms with Crippen LogP contribution in [-0.4, -0.2) is 53.6 Å². The van der Waals surface area contributed by atoms with E-state index in [0.717, 1.165) is 5.56 Å². The molecule has 1 aliphatic heterocycles. The fourth-order valence-corrected chi connectivity index (χ4v) is 5.05. The molecule has 1 aromatic carbocycles. The van der Waals surface area contributed by atoms with Crippen LogP contribution in [0.5, 0.6) is 0 Å². The highest BCUT2D eigenvalue weighted by Crippen LogP contribution is 2.45. The number of aliphatic hydroxyl groups excluding tert-OH is 1. The second kappa shape index (κ2) is 9.83. The average Bonchev–Trinajstić information content (AvgIpc) is 3.02. The summed E-state index contributed by atoms with van der Waals surface area (Å²) in [5.74, 6) is -3.14. The second-order valence-corrected chi connectivity index (χ2v) is 8.37. The van der Waals surface area contributed by atoms with E-state index in [4.69, 9.17) is 16.3 Å². The Kier molecular flexibility index (Phi) is 7.38. The maximum Gasteiger partial charge on any atom is 0.310 e. The Labute approximate surface area is 187 Å². The van der Waals surface area contributed by atoms with Gasteiger partial charge in [-0.2, -0.15) is 0 Å². The summed E-state index contributed by atoms with van der Waals surface area (Å²) < 4.78 is 5.28. The van der Waals surface area contributed by atoms with Gasteiger partial charge in [0.05, 0.1) is 35.8 Å². The van der Waals surface area contributed by atoms with Gasteiger partial charge in [-0.3, -0.25) is 14.4 Å². The van der Waals surface area contributed by atoms with Crippen LogP contribution in [0.3, 0.4) is 0 Å². The highest BCUT2D eigenvalue weighted by molar-refractivity contribution is 6.34. The summed E-state index contributed by atoms with van der Waals surface area (Å²) in [6, 6.07) is 4.45. The minimum absolute atomic E-state index is 0.00556. The van der Waals surface area contributed by atoms with E-state index in [-0.39, 0.29) is 31.6 Å². The van der Waals surface area contributed by atoms with Crippen LogP contribution in [0.4, 0.5) is 5.69 Å². The van der Waals surface area contributed by atoms with E-state index in [1.807, 2.05) is 32.1 Å². The molecule has 1 fully saturated rings. The molecule has 1 aliphatic carbocycles. The van der Waals surface area contributed by atoms with Gasteiger partial charge < -0.3 is 20.1 Å². The molecule has 0 bridgehead atoms. The number of fused-ring (bicyclic) bond motifs is 1. The van der Waals surface area contributed by atoms with Crippen LogP contribution in [-0.2, 0) is 19.1 Å². The molecule has 8 heteroatoms. The smallest absolute Gasteiger partial charge is 0.310 e. The summed E-state index contributed by atoms with van der Waals surface area (Å²) in [5, 5.41) is 12.8. The van der Waals surface area contributed by atoms with Crippen molar-refractivity contribution in [2.75, 3.05) is 25.1 Å². The minimum atomic E-state index is -0.855. The number of benzene rings is 1. The van der Waals surface area contributed by atoms with E-state index in [9.17, 15) is 19.5 Å². The third kappa shape index (κ3) is 4.34. The van der Waals surface area contributed by atoms with E-state index < -0.39 is 35.7 Å². The minimum Gasteiger partial charge on any atom is -0.466 e. The van der Waals surface area contributed by atoms with Crippen molar-refractivity contribution in [3.05, 3.63) is 40.9 Å². The number of amides is 2. The van der Waals surface area contributed by atoms with Gasteiger partial charge in [0.15, 0.2) is 0 Å². The normalized spacial score (nSPS) is 27.2. The number of hydrogen-bond donors (Lipinski definition) is 2. The number of allylic oxidation sites excluding steroid dienone is 1. The molecule has 1 aromatic rings. The van der Waals surface area contributed by atoms with Gasteiger partial charge in [-0.05, 0) is 37.8 Å². The van der Waals surface area contributed by atoms with Crippen molar-refractivity contribution in [2.24, 2.45) is 23.7 Å². The Morgan fingerprint density at radius 1 is 1.26 bits per heavy atom. The number of aryl methyl sites for hydroxylation is 1. The van der Waals surface area contributed by atoms with E-state index in [1.165, 1.54) is 4.90 Å². The maximum absolute atomic E-state index is 13.4. The highest BCUT2D eigenvalue weighted by atomic mass is 35.5. The van der Waals surface area contributed by atoms with Crippen LogP contribution < -0.4 is 5.32 Å². The number of ether oxygens (including phenoxy) is 1. The van der Waals surface area contributed by atoms with Crippen molar-refractivity contribution in [3.63, 3.8) is 0 Å². The van der Waals surface area contributed by atoms with E-state index in [0.29, 0.717) is 17.1 Å². The van der Waals surface area contributed by atoms with Crippen molar-refractivity contribution in [2.45, 2.75) is 33.2 Å². The molecule has 1 saturated heterocycles. The number of carbonyl (C=O) groups excluding carboxylic acids is 3. The summed E-state index contributed by atoms with van der Waals surface area (Å²) in [7, 11) is 0. The third-order valence-corrected chi connectivity index (χ3v) is 6.54. The van der Waals surface area contributed by atoms with Crippen molar-refractivity contribution in [3.8, 4) is 0 Å². The second-order valence-electron chi connectivity index (χ2n) is 7.96. The molecule has 5 atom stereocenters. The Balaban J connectivity index is 1.98. The monoisotopic (exact) mass is 448 g/mol. The summed E-state index contributed by atoms with van der Waals surface area (Å²) in [6.07, 6.45) is 4.46. The zero-order chi connectivity index (χ0) is 22.7. The number of anilines is 1. The third-order valence-electron chi connectivity index (χ3n) is 6.22. The number of hydrogen-bond acceptors (Lipinski definition) is 5. The molecule has 2 aliphatic rings. The number of para-hydroxylation sites is 1. The molecule has 2 amide bonds. The van der Waals surface area contributed by atoms with Gasteiger partial charge >= 0.3 is 5.97 Å². The highest BCUT2D eigenvalue weighted by Gasteiger charge is 2.57. The van der Waals surface area contributed by atoms with E-state index in [1.54, 1.807) is 19.1 Å². The van der Waals surface area contributed by atoms with Gasteiger partial charge in [0.1, 0.15) is 6.04 Å². The lowest BCUT2D eigenvalue weighted by Gasteiger charge is -2.33. The molecule has 31 heavy (non-hydrogen) atoms. The van der Waals surface area contributed by atoms with Crippen LogP contribution in [0.2, 0.25) is 5.02 Å². The standard InChI is InChI=1S/C23H29ClN2O5/c1-4-14-9-10-15-18(17(14)23(30)31-5-2)22(29)26(11-12-27)20(15)21(28)25-19-13(3)7-6-8-16(19)24/h6-10,14-15,17-18,20,27H,4-5,11-12H2,1-3H3,(H,25,28)/t14-,15+,17-,18+,20+/m1/s1. The van der Waals surface area contributed by atoms with Crippen molar-refractivity contribution in [1.29, 1.82) is 0 Å². The fourth-order valence-electron chi connectivity index (χ4n) is 4.78. The summed E-state index contributed by atoms with van der Waals surface area (Å²) in [6.45, 7) is 5.45. The predicted octanol–water partition coefficient (Wildman–Crippen LogP) is 2.80. The molecule has 1 heterocycles. The van der Waals surface area contributed by atoms with Crippen LogP contribution in [0.15, 0.2) is 30.4 Å². The lowest BCUT2D eigenvalue weighted by atomic mass is 9.69. The first kappa shape index (κ1) is 23.3. The van der Waals surface area contributed by atoms with Gasteiger partial charge in [0.2, 0.25) is 11.8 Å². The van der Waals surface area contributed by atoms with Gasteiger partial charge in [-0.25, -0.2) is 0 Å². The number of aliphatic hydroxyl groups is 1. The number of carbonyl (C=O) groups is 3. The summed E-state index contributed by atoms with van der Waals surface area (Å²) >= 11 is 6.27. The first-order chi connectivity index (χ1) is 14.8. The first-order valence-corrected chi connectivity index (χ1v) is 11.1. The maximum atomic E-state index is 13.4. The van der Waals surface area contributed by atoms with Gasteiger partial charge in [0.25, 0.3) is 0 Å². The lowest BCUT2D eigenvalue weighted by Crippen LogP contribution is -2.45. The zero-order valence-electron chi connectivity index (χ0n) is 18.0. The molecule has 0 unspecified atom stereocenters. The van der Waals surface area contributed by atoms with Crippen molar-refractivity contribution >= 4 is 35.1 Å². The molecule has 0 spiro atoms. The number of rotatable bonds is 7. The van der Waals surface area contributed by atoms with Crippen LogP contribution in [0.25, 0.3) is 0 Å². The molecule has 0 saturated carbocycles. The first-order valence-electron chi connectivity index (χ1n) is 10.7. The predicted molar refractivity (Wildman–Crippen MR) is 117 cm³/mol. The molecule has 168 valence electrons. The molecule has 0 radical (unpaired) electrons. The summed E-state index contributed by atoms with van der Waals surface area (Å²) in [5.41, 5.74) is 1.28. The van der Waals surface area contributed by atoms with Crippen molar-refractivity contribution in [1.82, 2.24) is 4.90 Å². The number of nitrogens with zero attached hydrogens (tertiary/aromatic N) is 1. The number of β-amino-alcohol motifs (C(OH)–C–C–N with tert-alkyl or cyclic N) is 1. The molecule has 3 rings (SSSR count). The SMILES string of the molecule is CCOC(=O)[C@H]1[C@H]2C(=O)N(CCO)[C@H](C(=O)Nc3c(C)cccc3Cl)[C@H]2C=C[C@H]1CC. The Morgan fingerprint density at radius 2 is 2.00 bits per heavy atom. The fraction of sp³-hybridized carbons (Fsp3) is 0.522. The zero-order valence-corrected chi connectivity index (χ0v) is 18.8. The van der Waals surface area contributed by atoms with E-state index >= 15 is 0 Å². The molecular formula is C23H29ClN2O5. The average molecular weight is 449 g/mol. The number of nitrogens with one attached hydrogen (secondary N) is 1. The van der Waals surface area contributed by atoms with Crippen molar-refractivity contribution < 1.29 is 24.2 Å². The largest absolute Gasteiger partial charge is 0.466 e. The number of halogens is 1. The number of esters is 1. The van der Waals surface area contributed by atoms with Crippen LogP contribution in [0, 0.1) is 30.6 Å². The van der Waals surface area contributed by atoms with Gasteiger partial charge in [0, 0.05) is 12.5 Å². The molecule has 2 N–H and O–H groups in total. The topological polar surface area (TPSA) is 95.9 Å². The Bertz CT molecular complexity index is 866. The molecular weight excluding hydrogens is 420 g/mol. The van der Waals surface area contributed by atoms with Gasteiger partial charge in [-0.1, -0.05) is 42.8 Å². The lowest BCUT2D eigenvalue weighted by molar-refractivity contribution is -0.155. The van der Waals surface area contributed by atoms with E-state index in [2.05, 4.69) is 5.32 Å². The number of likely N-dealkylation sites (tertiary alicyclic amines) is 1. The quantitative estimate of drug-likeness (QED) is 0.494.